The van der Waals surface area contributed by atoms with Crippen LogP contribution in [0.15, 0.2) is 15.3 Å². The van der Waals surface area contributed by atoms with Crippen LogP contribution in [0.5, 0.6) is 0 Å². The molecule has 1 heterocycles. The molecule has 0 aromatic carbocycles. The van der Waals surface area contributed by atoms with Crippen molar-refractivity contribution in [3.63, 3.8) is 0 Å². The first-order chi connectivity index (χ1) is 4.18. The monoisotopic (exact) mass is 143 g/mol. The van der Waals surface area contributed by atoms with Crippen LogP contribution in [0.3, 0.4) is 0 Å². The number of hydrogen-bond acceptors (Lipinski definition) is 3. The lowest BCUT2D eigenvalue weighted by atomic mass is 10.5. The third-order valence-electron chi connectivity index (χ3n) is 0.813. The van der Waals surface area contributed by atoms with Gasteiger partial charge in [0.1, 0.15) is 5.76 Å². The normalized spacial score (nSPS) is 9.44. The van der Waals surface area contributed by atoms with Gasteiger partial charge in [-0.1, -0.05) is 0 Å². The Hall–Kier alpha value is -0.900. The molecule has 0 saturated carbocycles. The molecule has 9 heavy (non-hydrogen) atoms. The van der Waals surface area contributed by atoms with Crippen molar-refractivity contribution in [3.05, 3.63) is 27.0 Å². The van der Waals surface area contributed by atoms with Gasteiger partial charge in [0.25, 0.3) is 10.4 Å². The summed E-state index contributed by atoms with van der Waals surface area (Å²) >= 11 is 4.56. The number of rotatable bonds is 0. The van der Waals surface area contributed by atoms with E-state index in [1.165, 1.54) is 6.07 Å². The minimum Gasteiger partial charge on any atom is -0.436 e. The molecule has 1 aromatic heterocycles. The van der Waals surface area contributed by atoms with Gasteiger partial charge in [0.15, 0.2) is 0 Å². The fourth-order valence-electron chi connectivity index (χ4n) is 0.522. The second kappa shape index (κ2) is 2.14. The third-order valence-corrected chi connectivity index (χ3v) is 0.999. The molecule has 0 radical (unpaired) electrons. The highest BCUT2D eigenvalue weighted by atomic mass is 32.1. The summed E-state index contributed by atoms with van der Waals surface area (Å²) in [6.07, 6.45) is 0. The van der Waals surface area contributed by atoms with Gasteiger partial charge in [0, 0.05) is 6.07 Å². The standard InChI is InChI=1S/C5H5NO2S/c1-3-2-4(7)6-5(9)8-3/h2H,1H3,(H,6,7,9). The topological polar surface area (TPSA) is 46.0 Å². The van der Waals surface area contributed by atoms with Crippen LogP contribution in [0.25, 0.3) is 0 Å². The molecule has 1 aromatic rings. The molecule has 0 bridgehead atoms. The van der Waals surface area contributed by atoms with E-state index in [1.54, 1.807) is 6.92 Å². The highest BCUT2D eigenvalue weighted by molar-refractivity contribution is 7.71. The van der Waals surface area contributed by atoms with Gasteiger partial charge in [-0.15, -0.1) is 0 Å². The van der Waals surface area contributed by atoms with Crippen LogP contribution in [0.2, 0.25) is 0 Å². The van der Waals surface area contributed by atoms with Crippen LogP contribution in [0.4, 0.5) is 0 Å². The minimum absolute atomic E-state index is 0.125. The van der Waals surface area contributed by atoms with E-state index >= 15 is 0 Å². The predicted molar refractivity (Wildman–Crippen MR) is 34.9 cm³/mol. The molecule has 0 aliphatic carbocycles. The molecule has 0 fully saturated rings. The zero-order chi connectivity index (χ0) is 6.85. The maximum Gasteiger partial charge on any atom is 0.268 e. The van der Waals surface area contributed by atoms with Gasteiger partial charge in [-0.3, -0.25) is 9.78 Å². The zero-order valence-electron chi connectivity index (χ0n) is 4.80. The zero-order valence-corrected chi connectivity index (χ0v) is 5.62. The Morgan fingerprint density at radius 1 is 1.78 bits per heavy atom. The number of aryl methyl sites for hydroxylation is 1. The Morgan fingerprint density at radius 3 is 2.89 bits per heavy atom. The lowest BCUT2D eigenvalue weighted by molar-refractivity contribution is 0.476. The fraction of sp³-hybridized carbons (Fsp3) is 0.200. The van der Waals surface area contributed by atoms with Crippen LogP contribution in [-0.2, 0) is 0 Å². The summed E-state index contributed by atoms with van der Waals surface area (Å²) in [5.41, 5.74) is -0.219. The second-order valence-corrected chi connectivity index (χ2v) is 2.00. The van der Waals surface area contributed by atoms with Crippen molar-refractivity contribution in [2.45, 2.75) is 6.92 Å². The highest BCUT2D eigenvalue weighted by Crippen LogP contribution is 1.88. The first kappa shape index (κ1) is 6.22. The number of aromatic amines is 1. The van der Waals surface area contributed by atoms with E-state index < -0.39 is 0 Å². The minimum atomic E-state index is -0.219. The van der Waals surface area contributed by atoms with E-state index in [0.717, 1.165) is 0 Å². The third kappa shape index (κ3) is 1.50. The van der Waals surface area contributed by atoms with E-state index in [1.807, 2.05) is 0 Å². The summed E-state index contributed by atoms with van der Waals surface area (Å²) in [5, 5.41) is 0. The van der Waals surface area contributed by atoms with Crippen LogP contribution in [-0.4, -0.2) is 4.98 Å². The fourth-order valence-corrected chi connectivity index (χ4v) is 0.755. The van der Waals surface area contributed by atoms with E-state index in [-0.39, 0.29) is 10.4 Å². The van der Waals surface area contributed by atoms with Gasteiger partial charge in [0.05, 0.1) is 0 Å². The molecular weight excluding hydrogens is 138 g/mol. The van der Waals surface area contributed by atoms with Crippen molar-refractivity contribution >= 4 is 12.2 Å². The van der Waals surface area contributed by atoms with Crippen LogP contribution < -0.4 is 5.56 Å². The van der Waals surface area contributed by atoms with Crippen molar-refractivity contribution in [2.75, 3.05) is 0 Å². The number of nitrogens with one attached hydrogen (secondary N) is 1. The van der Waals surface area contributed by atoms with E-state index in [4.69, 9.17) is 4.42 Å². The Morgan fingerprint density at radius 2 is 2.44 bits per heavy atom. The molecule has 48 valence electrons. The summed E-state index contributed by atoms with van der Waals surface area (Å²) in [7, 11) is 0. The molecule has 0 saturated heterocycles. The lowest BCUT2D eigenvalue weighted by Crippen LogP contribution is -2.03. The van der Waals surface area contributed by atoms with Crippen molar-refractivity contribution in [3.8, 4) is 0 Å². The van der Waals surface area contributed by atoms with E-state index in [0.29, 0.717) is 5.76 Å². The second-order valence-electron chi connectivity index (χ2n) is 1.63. The summed E-state index contributed by atoms with van der Waals surface area (Å²) in [6, 6.07) is 1.34. The van der Waals surface area contributed by atoms with Gasteiger partial charge in [-0.25, -0.2) is 0 Å². The highest BCUT2D eigenvalue weighted by Gasteiger charge is 1.86. The quantitative estimate of drug-likeness (QED) is 0.551. The molecule has 1 rings (SSSR count). The molecule has 1 N–H and O–H groups in total. The lowest BCUT2D eigenvalue weighted by Gasteiger charge is -1.85. The summed E-state index contributed by atoms with van der Waals surface area (Å²) in [6.45, 7) is 1.67. The maximum atomic E-state index is 10.5. The predicted octanol–water partition coefficient (Wildman–Crippen LogP) is 1.01. The van der Waals surface area contributed by atoms with Gasteiger partial charge in [-0.05, 0) is 19.1 Å². The molecule has 0 aliphatic rings. The summed E-state index contributed by atoms with van der Waals surface area (Å²) < 4.78 is 4.82. The van der Waals surface area contributed by atoms with Crippen LogP contribution >= 0.6 is 12.2 Å². The average molecular weight is 143 g/mol. The van der Waals surface area contributed by atoms with Gasteiger partial charge in [-0.2, -0.15) is 0 Å². The Balaban J connectivity index is 3.52. The number of hydrogen-bond donors (Lipinski definition) is 1. The van der Waals surface area contributed by atoms with E-state index in [2.05, 4.69) is 17.2 Å². The largest absolute Gasteiger partial charge is 0.436 e. The van der Waals surface area contributed by atoms with Crippen molar-refractivity contribution in [2.24, 2.45) is 0 Å². The number of H-pyrrole nitrogens is 1. The molecule has 0 aliphatic heterocycles. The Kier molecular flexibility index (Phi) is 1.48. The van der Waals surface area contributed by atoms with E-state index in [9.17, 15) is 4.79 Å². The van der Waals surface area contributed by atoms with Gasteiger partial charge < -0.3 is 4.42 Å². The van der Waals surface area contributed by atoms with Gasteiger partial charge >= 0.3 is 0 Å². The maximum absolute atomic E-state index is 10.5. The smallest absolute Gasteiger partial charge is 0.268 e. The first-order valence-electron chi connectivity index (χ1n) is 2.39. The SMILES string of the molecule is Cc1cc(=O)[nH]c(=S)o1. The first-order valence-corrected chi connectivity index (χ1v) is 2.80. The molecule has 0 amide bonds. The number of aromatic nitrogens is 1. The van der Waals surface area contributed by atoms with Crippen LogP contribution in [0.1, 0.15) is 5.76 Å². The van der Waals surface area contributed by atoms with Crippen molar-refractivity contribution < 1.29 is 4.42 Å². The molecule has 0 atom stereocenters. The molecular formula is C5H5NO2S. The Labute approximate surface area is 56.3 Å². The van der Waals surface area contributed by atoms with Crippen molar-refractivity contribution in [1.29, 1.82) is 0 Å². The van der Waals surface area contributed by atoms with Gasteiger partial charge in [0.2, 0.25) is 0 Å². The summed E-state index contributed by atoms with van der Waals surface area (Å²) in [4.78, 5) is 13.0. The molecule has 0 spiro atoms. The molecule has 0 unspecified atom stereocenters. The summed E-state index contributed by atoms with van der Waals surface area (Å²) in [5.74, 6) is 0.531. The molecule has 4 heteroatoms. The Bertz CT molecular complexity index is 283. The average Bonchev–Trinajstić information content (AvgIpc) is 1.59. The molecule has 3 nitrogen and oxygen atoms in total. The van der Waals surface area contributed by atoms with Crippen molar-refractivity contribution in [1.82, 2.24) is 4.98 Å². The van der Waals surface area contributed by atoms with Crippen LogP contribution in [0, 0.1) is 11.8 Å².